The Morgan fingerprint density at radius 3 is 2.79 bits per heavy atom. The van der Waals surface area contributed by atoms with E-state index >= 15 is 0 Å². The molecule has 1 aromatic carbocycles. The van der Waals surface area contributed by atoms with Crippen molar-refractivity contribution in [2.24, 2.45) is 5.92 Å². The predicted octanol–water partition coefficient (Wildman–Crippen LogP) is 1.87. The second-order valence-corrected chi connectivity index (χ2v) is 5.10. The summed E-state index contributed by atoms with van der Waals surface area (Å²) in [5.41, 5.74) is 0.460. The number of amides is 1. The molecule has 0 bridgehead atoms. The summed E-state index contributed by atoms with van der Waals surface area (Å²) in [5.74, 6) is 0.296. The zero-order chi connectivity index (χ0) is 13.5. The Balaban J connectivity index is 1.68. The quantitative estimate of drug-likeness (QED) is 0.852. The number of benzene rings is 1. The van der Waals surface area contributed by atoms with Gasteiger partial charge >= 0.3 is 0 Å². The standard InChI is InChI=1S/C15H21FN2O/c16-14-4-2-1-3-13(14)11-15(19)18-10-7-12-5-8-17-9-6-12/h1-4,12,17H,5-11H2,(H,18,19). The van der Waals surface area contributed by atoms with E-state index in [0.29, 0.717) is 18.0 Å². The van der Waals surface area contributed by atoms with Crippen LogP contribution in [0.3, 0.4) is 0 Å². The molecule has 0 aliphatic carbocycles. The zero-order valence-electron chi connectivity index (χ0n) is 11.1. The number of nitrogens with one attached hydrogen (secondary N) is 2. The van der Waals surface area contributed by atoms with Crippen molar-refractivity contribution in [1.82, 2.24) is 10.6 Å². The molecule has 1 fully saturated rings. The normalized spacial score (nSPS) is 16.3. The van der Waals surface area contributed by atoms with Crippen molar-refractivity contribution in [3.8, 4) is 0 Å². The molecule has 0 atom stereocenters. The lowest BCUT2D eigenvalue weighted by molar-refractivity contribution is -0.120. The van der Waals surface area contributed by atoms with E-state index in [9.17, 15) is 9.18 Å². The van der Waals surface area contributed by atoms with Crippen molar-refractivity contribution in [2.45, 2.75) is 25.7 Å². The third kappa shape index (κ3) is 4.63. The molecule has 1 aliphatic heterocycles. The second-order valence-electron chi connectivity index (χ2n) is 5.10. The molecule has 1 aliphatic rings. The highest BCUT2D eigenvalue weighted by Gasteiger charge is 2.13. The van der Waals surface area contributed by atoms with E-state index in [1.165, 1.54) is 18.9 Å². The number of carbonyl (C=O) groups is 1. The molecule has 3 nitrogen and oxygen atoms in total. The predicted molar refractivity (Wildman–Crippen MR) is 73.3 cm³/mol. The molecule has 0 spiro atoms. The van der Waals surface area contributed by atoms with Gasteiger partial charge in [0.1, 0.15) is 5.82 Å². The topological polar surface area (TPSA) is 41.1 Å². The first-order valence-corrected chi connectivity index (χ1v) is 6.96. The average molecular weight is 264 g/mol. The van der Waals surface area contributed by atoms with Crippen molar-refractivity contribution in [2.75, 3.05) is 19.6 Å². The molecule has 0 unspecified atom stereocenters. The lowest BCUT2D eigenvalue weighted by Gasteiger charge is -2.22. The van der Waals surface area contributed by atoms with Crippen LogP contribution >= 0.6 is 0 Å². The summed E-state index contributed by atoms with van der Waals surface area (Å²) in [6.07, 6.45) is 3.51. The van der Waals surface area contributed by atoms with Crippen LogP contribution in [0.4, 0.5) is 4.39 Å². The van der Waals surface area contributed by atoms with Gasteiger partial charge in [-0.1, -0.05) is 18.2 Å². The van der Waals surface area contributed by atoms with Crippen molar-refractivity contribution in [1.29, 1.82) is 0 Å². The van der Waals surface area contributed by atoms with E-state index < -0.39 is 0 Å². The lowest BCUT2D eigenvalue weighted by atomic mass is 9.95. The molecule has 0 radical (unpaired) electrons. The average Bonchev–Trinajstić information content (AvgIpc) is 2.43. The third-order valence-electron chi connectivity index (χ3n) is 3.64. The fraction of sp³-hybridized carbons (Fsp3) is 0.533. The fourth-order valence-electron chi connectivity index (χ4n) is 2.46. The van der Waals surface area contributed by atoms with Crippen molar-refractivity contribution in [3.05, 3.63) is 35.6 Å². The van der Waals surface area contributed by atoms with Crippen molar-refractivity contribution in [3.63, 3.8) is 0 Å². The molecule has 1 aromatic rings. The van der Waals surface area contributed by atoms with E-state index in [-0.39, 0.29) is 18.1 Å². The molecular weight excluding hydrogens is 243 g/mol. The minimum Gasteiger partial charge on any atom is -0.356 e. The van der Waals surface area contributed by atoms with Crippen LogP contribution in [0.5, 0.6) is 0 Å². The van der Waals surface area contributed by atoms with Gasteiger partial charge < -0.3 is 10.6 Å². The summed E-state index contributed by atoms with van der Waals surface area (Å²) >= 11 is 0. The first-order valence-electron chi connectivity index (χ1n) is 6.96. The Bertz CT molecular complexity index is 416. The van der Waals surface area contributed by atoms with E-state index in [0.717, 1.165) is 19.5 Å². The number of carbonyl (C=O) groups excluding carboxylic acids is 1. The Labute approximate surface area is 113 Å². The van der Waals surface area contributed by atoms with Gasteiger partial charge in [-0.25, -0.2) is 4.39 Å². The molecule has 2 rings (SSSR count). The Morgan fingerprint density at radius 2 is 2.05 bits per heavy atom. The zero-order valence-corrected chi connectivity index (χ0v) is 11.1. The molecule has 104 valence electrons. The van der Waals surface area contributed by atoms with Crippen LogP contribution in [0.1, 0.15) is 24.8 Å². The van der Waals surface area contributed by atoms with Crippen LogP contribution in [0.25, 0.3) is 0 Å². The number of piperidine rings is 1. The highest BCUT2D eigenvalue weighted by atomic mass is 19.1. The van der Waals surface area contributed by atoms with E-state index in [2.05, 4.69) is 10.6 Å². The lowest BCUT2D eigenvalue weighted by Crippen LogP contribution is -2.32. The van der Waals surface area contributed by atoms with Crippen LogP contribution in [-0.4, -0.2) is 25.5 Å². The Kier molecular flexibility index (Phi) is 5.33. The first-order chi connectivity index (χ1) is 9.25. The van der Waals surface area contributed by atoms with Crippen molar-refractivity contribution < 1.29 is 9.18 Å². The summed E-state index contributed by atoms with van der Waals surface area (Å²) in [5, 5.41) is 6.20. The van der Waals surface area contributed by atoms with Crippen molar-refractivity contribution >= 4 is 5.91 Å². The molecule has 0 saturated carbocycles. The van der Waals surface area contributed by atoms with Crippen LogP contribution in [0, 0.1) is 11.7 Å². The van der Waals surface area contributed by atoms with Gasteiger partial charge in [0.05, 0.1) is 6.42 Å². The molecule has 4 heteroatoms. The molecule has 19 heavy (non-hydrogen) atoms. The third-order valence-corrected chi connectivity index (χ3v) is 3.64. The minimum absolute atomic E-state index is 0.0981. The van der Waals surface area contributed by atoms with Crippen LogP contribution < -0.4 is 10.6 Å². The van der Waals surface area contributed by atoms with E-state index in [4.69, 9.17) is 0 Å². The van der Waals surface area contributed by atoms with Gasteiger partial charge in [0, 0.05) is 6.54 Å². The summed E-state index contributed by atoms with van der Waals surface area (Å²) in [4.78, 5) is 11.7. The molecular formula is C15H21FN2O. The summed E-state index contributed by atoms with van der Waals surface area (Å²) in [7, 11) is 0. The maximum atomic E-state index is 13.4. The number of rotatable bonds is 5. The number of halogens is 1. The molecule has 1 saturated heterocycles. The first kappa shape index (κ1) is 14.0. The van der Waals surface area contributed by atoms with Crippen LogP contribution in [0.2, 0.25) is 0 Å². The summed E-state index contributed by atoms with van der Waals surface area (Å²) in [6.45, 7) is 2.85. The van der Waals surface area contributed by atoms with Gasteiger partial charge in [0.2, 0.25) is 5.91 Å². The SMILES string of the molecule is O=C(Cc1ccccc1F)NCCC1CCNCC1. The maximum absolute atomic E-state index is 13.4. The van der Waals surface area contributed by atoms with Crippen LogP contribution in [-0.2, 0) is 11.2 Å². The van der Waals surface area contributed by atoms with Gasteiger partial charge in [0.25, 0.3) is 0 Å². The molecule has 1 amide bonds. The number of hydrogen-bond donors (Lipinski definition) is 2. The summed E-state index contributed by atoms with van der Waals surface area (Å²) in [6, 6.07) is 6.42. The van der Waals surface area contributed by atoms with E-state index in [1.54, 1.807) is 18.2 Å². The van der Waals surface area contributed by atoms with Gasteiger partial charge in [0.15, 0.2) is 0 Å². The molecule has 2 N–H and O–H groups in total. The highest BCUT2D eigenvalue weighted by molar-refractivity contribution is 5.78. The van der Waals surface area contributed by atoms with E-state index in [1.807, 2.05) is 0 Å². The van der Waals surface area contributed by atoms with Crippen LogP contribution in [0.15, 0.2) is 24.3 Å². The minimum atomic E-state index is -0.309. The monoisotopic (exact) mass is 264 g/mol. The molecule has 1 heterocycles. The Hall–Kier alpha value is -1.42. The number of hydrogen-bond acceptors (Lipinski definition) is 2. The fourth-order valence-corrected chi connectivity index (χ4v) is 2.46. The maximum Gasteiger partial charge on any atom is 0.224 e. The Morgan fingerprint density at radius 1 is 1.32 bits per heavy atom. The largest absolute Gasteiger partial charge is 0.356 e. The van der Waals surface area contributed by atoms with Gasteiger partial charge in [-0.3, -0.25) is 4.79 Å². The molecule has 0 aromatic heterocycles. The highest BCUT2D eigenvalue weighted by Crippen LogP contribution is 2.14. The van der Waals surface area contributed by atoms with Gasteiger partial charge in [-0.2, -0.15) is 0 Å². The second kappa shape index (κ2) is 7.24. The van der Waals surface area contributed by atoms with Gasteiger partial charge in [-0.15, -0.1) is 0 Å². The smallest absolute Gasteiger partial charge is 0.224 e. The summed E-state index contributed by atoms with van der Waals surface area (Å²) < 4.78 is 13.4. The van der Waals surface area contributed by atoms with Gasteiger partial charge in [-0.05, 0) is 49.9 Å².